The first-order valence-corrected chi connectivity index (χ1v) is 9.80. The van der Waals surface area contributed by atoms with Crippen LogP contribution in [0.15, 0.2) is 24.7 Å². The van der Waals surface area contributed by atoms with Gasteiger partial charge in [0.2, 0.25) is 0 Å². The predicted molar refractivity (Wildman–Crippen MR) is 115 cm³/mol. The fraction of sp³-hybridized carbons (Fsp3) is 0.333. The molecule has 0 N–H and O–H groups in total. The Hall–Kier alpha value is -2.88. The molecule has 4 rings (SSSR count). The van der Waals surface area contributed by atoms with Crippen molar-refractivity contribution < 1.29 is 0 Å². The van der Waals surface area contributed by atoms with Crippen molar-refractivity contribution >= 4 is 22.1 Å². The first-order chi connectivity index (χ1) is 13.4. The van der Waals surface area contributed by atoms with Gasteiger partial charge in [-0.25, -0.2) is 4.98 Å². The van der Waals surface area contributed by atoms with E-state index in [-0.39, 0.29) is 0 Å². The van der Waals surface area contributed by atoms with Crippen LogP contribution in [0.1, 0.15) is 44.6 Å². The van der Waals surface area contributed by atoms with Gasteiger partial charge in [0.15, 0.2) is 0 Å². The van der Waals surface area contributed by atoms with Crippen molar-refractivity contribution in [2.75, 3.05) is 0 Å². The zero-order chi connectivity index (χ0) is 20.0. The van der Waals surface area contributed by atoms with E-state index in [9.17, 15) is 0 Å². The molecule has 0 fully saturated rings. The Morgan fingerprint density at radius 3 is 2.00 bits per heavy atom. The fourth-order valence-corrected chi connectivity index (χ4v) is 4.12. The Balaban J connectivity index is 1.84. The average molecular weight is 371 g/mol. The number of nitrogens with zero attached hydrogens (tertiary/aromatic N) is 4. The molecule has 0 amide bonds. The Morgan fingerprint density at radius 2 is 1.29 bits per heavy atom. The van der Waals surface area contributed by atoms with Crippen LogP contribution in [0, 0.1) is 41.5 Å². The lowest BCUT2D eigenvalue weighted by Gasteiger charge is -2.17. The molecule has 0 saturated heterocycles. The van der Waals surface area contributed by atoms with Crippen LogP contribution in [0.25, 0.3) is 22.1 Å². The van der Waals surface area contributed by atoms with E-state index in [1.54, 1.807) is 12.4 Å². The summed E-state index contributed by atoms with van der Waals surface area (Å²) in [6.45, 7) is 12.9. The molecule has 2 aromatic heterocycles. The second-order valence-electron chi connectivity index (χ2n) is 7.78. The summed E-state index contributed by atoms with van der Waals surface area (Å²) in [5.41, 5.74) is 14.0. The number of fused-ring (bicyclic) bond motifs is 2. The van der Waals surface area contributed by atoms with Crippen LogP contribution in [-0.2, 0) is 12.8 Å². The van der Waals surface area contributed by atoms with E-state index in [1.807, 2.05) is 13.1 Å². The third-order valence-corrected chi connectivity index (χ3v) is 6.15. The molecule has 0 aliphatic heterocycles. The van der Waals surface area contributed by atoms with Crippen LogP contribution in [0.3, 0.4) is 0 Å². The van der Waals surface area contributed by atoms with Crippen molar-refractivity contribution in [1.29, 1.82) is 0 Å². The summed E-state index contributed by atoms with van der Waals surface area (Å²) < 4.78 is 0. The number of benzene rings is 2. The average Bonchev–Trinajstić information content (AvgIpc) is 2.68. The first-order valence-electron chi connectivity index (χ1n) is 9.80. The SMILES string of the molecule is Cc1cnc2c(CCc3c(C)c(C)c(C)c4nccnc34)c(C)c(C)cc2n1. The molecule has 0 aliphatic carbocycles. The highest BCUT2D eigenvalue weighted by atomic mass is 14.8. The van der Waals surface area contributed by atoms with Gasteiger partial charge in [0.25, 0.3) is 0 Å². The van der Waals surface area contributed by atoms with Crippen LogP contribution < -0.4 is 0 Å². The molecule has 4 heteroatoms. The van der Waals surface area contributed by atoms with E-state index < -0.39 is 0 Å². The quantitative estimate of drug-likeness (QED) is 0.497. The van der Waals surface area contributed by atoms with Gasteiger partial charge in [-0.3, -0.25) is 15.0 Å². The molecule has 2 heterocycles. The number of aromatic nitrogens is 4. The van der Waals surface area contributed by atoms with Crippen LogP contribution >= 0.6 is 0 Å². The third kappa shape index (κ3) is 2.93. The van der Waals surface area contributed by atoms with Gasteiger partial charge < -0.3 is 0 Å². The number of hydrogen-bond acceptors (Lipinski definition) is 4. The monoisotopic (exact) mass is 370 g/mol. The molecule has 0 atom stereocenters. The summed E-state index contributed by atoms with van der Waals surface area (Å²) in [4.78, 5) is 18.7. The summed E-state index contributed by atoms with van der Waals surface area (Å²) in [5, 5.41) is 0. The Labute approximate surface area is 166 Å². The van der Waals surface area contributed by atoms with Crippen molar-refractivity contribution in [1.82, 2.24) is 19.9 Å². The van der Waals surface area contributed by atoms with Gasteiger partial charge in [0, 0.05) is 18.6 Å². The summed E-state index contributed by atoms with van der Waals surface area (Å²) >= 11 is 0. The molecule has 4 aromatic rings. The predicted octanol–water partition coefficient (Wildman–Crippen LogP) is 5.21. The van der Waals surface area contributed by atoms with Crippen molar-refractivity contribution in [2.45, 2.75) is 54.4 Å². The van der Waals surface area contributed by atoms with Gasteiger partial charge in [-0.1, -0.05) is 0 Å². The van der Waals surface area contributed by atoms with Crippen molar-refractivity contribution in [3.05, 3.63) is 69.3 Å². The minimum atomic E-state index is 0.913. The van der Waals surface area contributed by atoms with Crippen LogP contribution in [0.5, 0.6) is 0 Å². The van der Waals surface area contributed by atoms with Crippen LogP contribution in [-0.4, -0.2) is 19.9 Å². The molecule has 0 aliphatic rings. The molecule has 28 heavy (non-hydrogen) atoms. The highest BCUT2D eigenvalue weighted by Gasteiger charge is 2.16. The van der Waals surface area contributed by atoms with E-state index in [0.29, 0.717) is 0 Å². The van der Waals surface area contributed by atoms with Gasteiger partial charge in [-0.2, -0.15) is 0 Å². The summed E-state index contributed by atoms with van der Waals surface area (Å²) in [6, 6.07) is 2.15. The topological polar surface area (TPSA) is 51.6 Å². The van der Waals surface area contributed by atoms with Gasteiger partial charge in [-0.15, -0.1) is 0 Å². The summed E-state index contributed by atoms with van der Waals surface area (Å²) in [7, 11) is 0. The minimum Gasteiger partial charge on any atom is -0.253 e. The molecule has 0 unspecified atom stereocenters. The van der Waals surface area contributed by atoms with Crippen molar-refractivity contribution in [3.8, 4) is 0 Å². The number of rotatable bonds is 3. The zero-order valence-electron chi connectivity index (χ0n) is 17.5. The van der Waals surface area contributed by atoms with Gasteiger partial charge >= 0.3 is 0 Å². The third-order valence-electron chi connectivity index (χ3n) is 6.15. The second kappa shape index (κ2) is 6.93. The molecule has 2 aromatic carbocycles. The standard InChI is InChI=1S/C24H26N4/c1-13-11-21-23(27-12-14(2)28-21)19(15(13)3)7-8-20-17(5)16(4)18(6)22-24(20)26-10-9-25-22/h9-12H,7-8H2,1-6H3. The Kier molecular flexibility index (Phi) is 4.58. The zero-order valence-corrected chi connectivity index (χ0v) is 17.5. The summed E-state index contributed by atoms with van der Waals surface area (Å²) in [5.74, 6) is 0. The Bertz CT molecular complexity index is 1220. The molecule has 4 nitrogen and oxygen atoms in total. The van der Waals surface area contributed by atoms with E-state index in [0.717, 1.165) is 40.6 Å². The maximum absolute atomic E-state index is 4.72. The lowest BCUT2D eigenvalue weighted by atomic mass is 9.90. The molecular weight excluding hydrogens is 344 g/mol. The van der Waals surface area contributed by atoms with E-state index in [2.05, 4.69) is 50.7 Å². The largest absolute Gasteiger partial charge is 0.253 e. The lowest BCUT2D eigenvalue weighted by Crippen LogP contribution is -2.05. The van der Waals surface area contributed by atoms with Crippen molar-refractivity contribution in [2.24, 2.45) is 0 Å². The molecule has 0 radical (unpaired) electrons. The molecule has 142 valence electrons. The smallest absolute Gasteiger partial charge is 0.0924 e. The highest BCUT2D eigenvalue weighted by molar-refractivity contribution is 5.84. The molecule has 0 saturated carbocycles. The maximum Gasteiger partial charge on any atom is 0.0924 e. The van der Waals surface area contributed by atoms with Gasteiger partial charge in [0.1, 0.15) is 0 Å². The van der Waals surface area contributed by atoms with E-state index in [4.69, 9.17) is 9.97 Å². The van der Waals surface area contributed by atoms with Gasteiger partial charge in [-0.05, 0) is 99.4 Å². The highest BCUT2D eigenvalue weighted by Crippen LogP contribution is 2.30. The minimum absolute atomic E-state index is 0.913. The lowest BCUT2D eigenvalue weighted by molar-refractivity contribution is 0.938. The molecular formula is C24H26N4. The van der Waals surface area contributed by atoms with E-state index >= 15 is 0 Å². The molecule has 0 bridgehead atoms. The molecule has 0 spiro atoms. The normalized spacial score (nSPS) is 11.5. The fourth-order valence-electron chi connectivity index (χ4n) is 4.12. The number of hydrogen-bond donors (Lipinski definition) is 0. The maximum atomic E-state index is 4.72. The summed E-state index contributed by atoms with van der Waals surface area (Å²) in [6.07, 6.45) is 7.27. The van der Waals surface area contributed by atoms with Crippen molar-refractivity contribution in [3.63, 3.8) is 0 Å². The van der Waals surface area contributed by atoms with Gasteiger partial charge in [0.05, 0.1) is 27.8 Å². The second-order valence-corrected chi connectivity index (χ2v) is 7.78. The van der Waals surface area contributed by atoms with E-state index in [1.165, 1.54) is 38.9 Å². The van der Waals surface area contributed by atoms with Crippen LogP contribution in [0.2, 0.25) is 0 Å². The Morgan fingerprint density at radius 1 is 0.643 bits per heavy atom. The first kappa shape index (κ1) is 18.5. The van der Waals surface area contributed by atoms with Crippen LogP contribution in [0.4, 0.5) is 0 Å². The number of aryl methyl sites for hydroxylation is 5.